The van der Waals surface area contributed by atoms with Crippen LogP contribution in [0.2, 0.25) is 0 Å². The molecule has 0 aliphatic carbocycles. The molecule has 4 aromatic rings. The topological polar surface area (TPSA) is 230 Å². The van der Waals surface area contributed by atoms with E-state index in [2.05, 4.69) is 0 Å². The molecule has 324 valence electrons. The summed E-state index contributed by atoms with van der Waals surface area (Å²) in [6.45, 7) is 6.29. The molecule has 8 atom stereocenters. The first-order chi connectivity index (χ1) is 28.1. The fourth-order valence-electron chi connectivity index (χ4n) is 8.29. The molecule has 0 radical (unpaired) electrons. The van der Waals surface area contributed by atoms with Crippen LogP contribution in [-0.2, 0) is 40.1 Å². The molecule has 0 saturated carbocycles. The zero-order chi connectivity index (χ0) is 43.7. The van der Waals surface area contributed by atoms with E-state index in [0.29, 0.717) is 0 Å². The third kappa shape index (κ3) is 7.86. The molecule has 4 aliphatic rings. The summed E-state index contributed by atoms with van der Waals surface area (Å²) >= 11 is 0. The van der Waals surface area contributed by atoms with Gasteiger partial charge in [-0.25, -0.2) is 33.7 Å². The molecule has 0 aromatic heterocycles. The minimum atomic E-state index is -4.03. The van der Waals surface area contributed by atoms with E-state index >= 15 is 0 Å². The molecular weight excluding hydrogens is 857 g/mol. The van der Waals surface area contributed by atoms with Crippen LogP contribution in [0.1, 0.15) is 22.3 Å². The van der Waals surface area contributed by atoms with E-state index in [4.69, 9.17) is 0 Å². The van der Waals surface area contributed by atoms with Gasteiger partial charge in [0.25, 0.3) is 0 Å². The number of aliphatic hydroxyl groups is 4. The van der Waals surface area contributed by atoms with Gasteiger partial charge in [0.1, 0.15) is 0 Å². The molecule has 4 N–H and O–H groups in total. The second kappa shape index (κ2) is 16.2. The lowest BCUT2D eigenvalue weighted by Gasteiger charge is -2.38. The fourth-order valence-corrected chi connectivity index (χ4v) is 15.0. The Morgan fingerprint density at radius 1 is 0.367 bits per heavy atom. The fraction of sp³-hybridized carbons (Fsp3) is 0.400. The van der Waals surface area contributed by atoms with E-state index in [-0.39, 0.29) is 45.8 Å². The monoisotopic (exact) mass is 904 g/mol. The zero-order valence-corrected chi connectivity index (χ0v) is 36.4. The number of piperidine rings is 2. The molecule has 0 unspecified atom stereocenters. The first-order valence-electron chi connectivity index (χ1n) is 19.1. The van der Waals surface area contributed by atoms with Crippen molar-refractivity contribution in [1.82, 2.24) is 17.2 Å². The van der Waals surface area contributed by atoms with Crippen molar-refractivity contribution in [2.24, 2.45) is 0 Å². The number of rotatable bonds is 8. The lowest BCUT2D eigenvalue weighted by molar-refractivity contribution is -0.0189. The van der Waals surface area contributed by atoms with Crippen LogP contribution >= 0.6 is 0 Å². The third-order valence-electron chi connectivity index (χ3n) is 11.7. The van der Waals surface area contributed by atoms with Crippen LogP contribution in [0.15, 0.2) is 117 Å². The molecule has 60 heavy (non-hydrogen) atoms. The summed E-state index contributed by atoms with van der Waals surface area (Å²) in [5.41, 5.74) is 3.57. The standard InChI is InChI=1S/2C20H24N2O6S2/c2*1-13-3-7-15(8-4-13)29(25,26)21-12-18(23)19-20(24)17(21)11-22(19)30(27,28)16-9-5-14(2)6-10-16/h2*3-10,17-20,23-24H,11-12H2,1-2H3/t2*17-,18+,19-,20+/m00/s1. The Morgan fingerprint density at radius 2 is 0.583 bits per heavy atom. The van der Waals surface area contributed by atoms with E-state index in [1.165, 1.54) is 48.5 Å². The summed E-state index contributed by atoms with van der Waals surface area (Å²) in [5, 5.41) is 42.8. The van der Waals surface area contributed by atoms with Crippen molar-refractivity contribution in [2.45, 2.75) is 95.9 Å². The highest BCUT2D eigenvalue weighted by Gasteiger charge is 2.59. The number of benzene rings is 4. The number of sulfonamides is 4. The maximum atomic E-state index is 13.2. The molecular formula is C40H48N4O12S4. The van der Waals surface area contributed by atoms with E-state index in [0.717, 1.165) is 39.5 Å². The molecule has 4 aromatic carbocycles. The van der Waals surface area contributed by atoms with Gasteiger partial charge in [-0.05, 0) is 76.2 Å². The average molecular weight is 905 g/mol. The van der Waals surface area contributed by atoms with Gasteiger partial charge in [-0.3, -0.25) is 0 Å². The van der Waals surface area contributed by atoms with Gasteiger partial charge >= 0.3 is 0 Å². The summed E-state index contributed by atoms with van der Waals surface area (Å²) < 4.78 is 110. The number of nitrogens with zero attached hydrogens (tertiary/aromatic N) is 4. The minimum absolute atomic E-state index is 0.0331. The summed E-state index contributed by atoms with van der Waals surface area (Å²) in [5.74, 6) is 0. The number of aryl methyl sites for hydroxylation is 4. The predicted molar refractivity (Wildman–Crippen MR) is 219 cm³/mol. The SMILES string of the molecule is Cc1ccc(S(=O)(=O)N2C[C@H]3[C@@H](O)[C@@H]2[C@H](O)CN3S(=O)(=O)c2ccc(C)cc2)cc1.Cc1ccc(S(=O)(=O)N2C[C@H]3[C@@H](O)[C@@H]2[C@H](O)CN3S(=O)(=O)c2ccc(C)cc2)cc1. The molecule has 4 fully saturated rings. The Balaban J connectivity index is 0.000000181. The summed E-state index contributed by atoms with van der Waals surface area (Å²) in [6, 6.07) is 20.8. The average Bonchev–Trinajstić information content (AvgIpc) is 3.60. The smallest absolute Gasteiger partial charge is 0.243 e. The molecule has 0 spiro atoms. The number of hydrogen-bond donors (Lipinski definition) is 4. The lowest BCUT2D eigenvalue weighted by atomic mass is 9.99. The van der Waals surface area contributed by atoms with Crippen molar-refractivity contribution in [3.63, 3.8) is 0 Å². The predicted octanol–water partition coefficient (Wildman–Crippen LogP) is 0.942. The van der Waals surface area contributed by atoms with Crippen molar-refractivity contribution in [3.05, 3.63) is 119 Å². The van der Waals surface area contributed by atoms with Crippen molar-refractivity contribution < 1.29 is 54.1 Å². The Hall–Kier alpha value is -3.64. The van der Waals surface area contributed by atoms with E-state index in [9.17, 15) is 54.1 Å². The highest BCUT2D eigenvalue weighted by molar-refractivity contribution is 7.90. The highest BCUT2D eigenvalue weighted by Crippen LogP contribution is 2.39. The van der Waals surface area contributed by atoms with Crippen LogP contribution in [0, 0.1) is 27.7 Å². The Kier molecular flexibility index (Phi) is 12.0. The van der Waals surface area contributed by atoms with Crippen molar-refractivity contribution in [2.75, 3.05) is 26.2 Å². The second-order valence-electron chi connectivity index (χ2n) is 15.8. The molecule has 4 aliphatic heterocycles. The molecule has 16 nitrogen and oxygen atoms in total. The zero-order valence-electron chi connectivity index (χ0n) is 33.2. The maximum Gasteiger partial charge on any atom is 0.243 e. The van der Waals surface area contributed by atoms with E-state index in [1.54, 1.807) is 48.5 Å². The molecule has 0 amide bonds. The quantitative estimate of drug-likeness (QED) is 0.194. The first-order valence-corrected chi connectivity index (χ1v) is 24.9. The number of fused-ring (bicyclic) bond motifs is 4. The number of hydrogen-bond acceptors (Lipinski definition) is 12. The summed E-state index contributed by atoms with van der Waals surface area (Å²) in [7, 11) is -16.1. The summed E-state index contributed by atoms with van der Waals surface area (Å²) in [4.78, 5) is 0.137. The van der Waals surface area contributed by atoms with Gasteiger partial charge in [0.05, 0.1) is 68.2 Å². The van der Waals surface area contributed by atoms with Crippen LogP contribution < -0.4 is 0 Å². The Bertz CT molecular complexity index is 2330. The Labute approximate surface area is 351 Å². The van der Waals surface area contributed by atoms with Crippen molar-refractivity contribution in [1.29, 1.82) is 0 Å². The summed E-state index contributed by atoms with van der Waals surface area (Å²) in [6.07, 6.45) is -5.40. The van der Waals surface area contributed by atoms with Gasteiger partial charge in [0.15, 0.2) is 0 Å². The number of aliphatic hydroxyl groups excluding tert-OH is 4. The van der Waals surface area contributed by atoms with Crippen LogP contribution in [-0.4, -0.2) is 146 Å². The Morgan fingerprint density at radius 3 is 0.817 bits per heavy atom. The lowest BCUT2D eigenvalue weighted by Crippen LogP contribution is -2.59. The van der Waals surface area contributed by atoms with Crippen molar-refractivity contribution in [3.8, 4) is 0 Å². The van der Waals surface area contributed by atoms with Crippen LogP contribution in [0.5, 0.6) is 0 Å². The molecule has 4 heterocycles. The van der Waals surface area contributed by atoms with Gasteiger partial charge in [-0.2, -0.15) is 17.2 Å². The largest absolute Gasteiger partial charge is 0.390 e. The van der Waals surface area contributed by atoms with Gasteiger partial charge in [0.2, 0.25) is 40.1 Å². The normalized spacial score (nSPS) is 28.0. The van der Waals surface area contributed by atoms with Gasteiger partial charge in [-0.15, -0.1) is 0 Å². The van der Waals surface area contributed by atoms with Crippen molar-refractivity contribution >= 4 is 40.1 Å². The van der Waals surface area contributed by atoms with Gasteiger partial charge < -0.3 is 20.4 Å². The van der Waals surface area contributed by atoms with Crippen LogP contribution in [0.3, 0.4) is 0 Å². The van der Waals surface area contributed by atoms with Crippen LogP contribution in [0.4, 0.5) is 0 Å². The van der Waals surface area contributed by atoms with E-state index in [1.807, 2.05) is 27.7 Å². The molecule has 20 heteroatoms. The van der Waals surface area contributed by atoms with Gasteiger partial charge in [-0.1, -0.05) is 70.8 Å². The second-order valence-corrected chi connectivity index (χ2v) is 23.3. The first kappa shape index (κ1) is 44.4. The minimum Gasteiger partial charge on any atom is -0.390 e. The van der Waals surface area contributed by atoms with E-state index < -0.39 is 88.7 Å². The number of β-amino-alcohol motifs (C(OH)–C–C–N with tert-alkyl or cyclic N) is 2. The molecule has 4 saturated heterocycles. The van der Waals surface area contributed by atoms with Gasteiger partial charge in [0, 0.05) is 26.2 Å². The molecule has 4 bridgehead atoms. The van der Waals surface area contributed by atoms with Crippen LogP contribution in [0.25, 0.3) is 0 Å². The third-order valence-corrected chi connectivity index (χ3v) is 19.2. The maximum absolute atomic E-state index is 13.2. The highest BCUT2D eigenvalue weighted by atomic mass is 32.2. The molecule has 8 rings (SSSR count).